The van der Waals surface area contributed by atoms with Crippen molar-refractivity contribution in [1.82, 2.24) is 15.3 Å². The molecule has 0 saturated heterocycles. The minimum absolute atomic E-state index is 0.0646. The molecule has 0 spiro atoms. The number of hydrogen-bond donors (Lipinski definition) is 2. The maximum Gasteiger partial charge on any atom is 0.177 e. The number of imidazole rings is 1. The quantitative estimate of drug-likeness (QED) is 0.883. The fourth-order valence-electron chi connectivity index (χ4n) is 1.93. The molecule has 0 amide bonds. The van der Waals surface area contributed by atoms with Gasteiger partial charge in [-0.1, -0.05) is 13.0 Å². The van der Waals surface area contributed by atoms with Crippen molar-refractivity contribution in [1.29, 1.82) is 0 Å². The van der Waals surface area contributed by atoms with Gasteiger partial charge in [-0.25, -0.2) is 13.4 Å². The Kier molecular flexibility index (Phi) is 3.41. The molecule has 0 aliphatic heterocycles. The Morgan fingerprint density at radius 3 is 2.78 bits per heavy atom. The normalized spacial score (nSPS) is 13.9. The van der Waals surface area contributed by atoms with Crippen molar-refractivity contribution < 1.29 is 8.42 Å². The van der Waals surface area contributed by atoms with Gasteiger partial charge in [-0.3, -0.25) is 0 Å². The van der Waals surface area contributed by atoms with Crippen molar-refractivity contribution in [2.24, 2.45) is 0 Å². The molecule has 2 rings (SSSR count). The number of nitrogens with zero attached hydrogens (tertiary/aromatic N) is 1. The van der Waals surface area contributed by atoms with Gasteiger partial charge in [-0.05, 0) is 25.6 Å². The lowest BCUT2D eigenvalue weighted by Crippen LogP contribution is -2.18. The zero-order chi connectivity index (χ0) is 13.3. The maximum atomic E-state index is 11.7. The molecule has 0 radical (unpaired) electrons. The lowest BCUT2D eigenvalue weighted by molar-refractivity contribution is 0.573. The summed E-state index contributed by atoms with van der Waals surface area (Å²) in [4.78, 5) is 7.82. The highest BCUT2D eigenvalue weighted by molar-refractivity contribution is 7.91. The second kappa shape index (κ2) is 4.70. The lowest BCUT2D eigenvalue weighted by atomic mass is 10.3. The summed E-state index contributed by atoms with van der Waals surface area (Å²) in [6.07, 6.45) is 1.20. The molecule has 0 aliphatic carbocycles. The van der Waals surface area contributed by atoms with Gasteiger partial charge in [0.25, 0.3) is 0 Å². The van der Waals surface area contributed by atoms with Gasteiger partial charge in [0.2, 0.25) is 0 Å². The number of sulfone groups is 1. The minimum Gasteiger partial charge on any atom is -0.341 e. The predicted molar refractivity (Wildman–Crippen MR) is 71.3 cm³/mol. The molecule has 2 aromatic rings. The van der Waals surface area contributed by atoms with E-state index in [9.17, 15) is 8.42 Å². The number of para-hydroxylation sites is 1. The van der Waals surface area contributed by atoms with Crippen molar-refractivity contribution in [3.05, 3.63) is 24.0 Å². The Morgan fingerprint density at radius 2 is 2.17 bits per heavy atom. The summed E-state index contributed by atoms with van der Waals surface area (Å²) in [5.74, 6) is 0.753. The number of aromatic nitrogens is 2. The highest BCUT2D eigenvalue weighted by atomic mass is 32.2. The van der Waals surface area contributed by atoms with Crippen LogP contribution in [0.3, 0.4) is 0 Å². The first-order valence-corrected chi connectivity index (χ1v) is 7.74. The van der Waals surface area contributed by atoms with Crippen LogP contribution in [-0.4, -0.2) is 31.2 Å². The molecule has 0 aliphatic rings. The number of hydrogen-bond acceptors (Lipinski definition) is 4. The van der Waals surface area contributed by atoms with Crippen molar-refractivity contribution in [3.8, 4) is 0 Å². The largest absolute Gasteiger partial charge is 0.341 e. The third-order valence-electron chi connectivity index (χ3n) is 2.81. The highest BCUT2D eigenvalue weighted by Gasteiger charge is 2.16. The Hall–Kier alpha value is -1.40. The van der Waals surface area contributed by atoms with Gasteiger partial charge >= 0.3 is 0 Å². The fourth-order valence-corrected chi connectivity index (χ4v) is 2.76. The second-order valence-electron chi connectivity index (χ2n) is 4.33. The van der Waals surface area contributed by atoms with Crippen LogP contribution in [0.15, 0.2) is 23.1 Å². The Bertz CT molecular complexity index is 661. The molecule has 0 bridgehead atoms. The molecular weight excluding hydrogens is 250 g/mol. The van der Waals surface area contributed by atoms with Gasteiger partial charge < -0.3 is 10.3 Å². The van der Waals surface area contributed by atoms with Gasteiger partial charge in [0, 0.05) is 6.26 Å². The number of benzene rings is 1. The van der Waals surface area contributed by atoms with E-state index in [1.807, 2.05) is 19.9 Å². The van der Waals surface area contributed by atoms with Crippen molar-refractivity contribution >= 4 is 20.9 Å². The van der Waals surface area contributed by atoms with Crippen LogP contribution in [0.5, 0.6) is 0 Å². The van der Waals surface area contributed by atoms with Crippen LogP contribution < -0.4 is 5.32 Å². The number of nitrogens with one attached hydrogen (secondary N) is 2. The number of aromatic amines is 1. The summed E-state index contributed by atoms with van der Waals surface area (Å²) in [6, 6.07) is 5.20. The Balaban J connectivity index is 2.58. The van der Waals surface area contributed by atoms with Crippen LogP contribution in [0.4, 0.5) is 0 Å². The van der Waals surface area contributed by atoms with Crippen molar-refractivity contribution in [3.63, 3.8) is 0 Å². The second-order valence-corrected chi connectivity index (χ2v) is 6.31. The van der Waals surface area contributed by atoms with E-state index in [1.54, 1.807) is 12.1 Å². The molecule has 5 nitrogen and oxygen atoms in total. The average molecular weight is 267 g/mol. The standard InChI is InChI=1S/C12H17N3O2S/c1-4-13-8(2)12-14-9-6-5-7-10(11(9)15-12)18(3,16)17/h5-8,13H,4H2,1-3H3,(H,14,15). The van der Waals surface area contributed by atoms with Gasteiger partial charge in [0.15, 0.2) is 9.84 Å². The van der Waals surface area contributed by atoms with E-state index in [0.717, 1.165) is 17.9 Å². The van der Waals surface area contributed by atoms with E-state index in [0.29, 0.717) is 5.52 Å². The number of rotatable bonds is 4. The monoisotopic (exact) mass is 267 g/mol. The van der Waals surface area contributed by atoms with Gasteiger partial charge in [-0.15, -0.1) is 0 Å². The molecule has 98 valence electrons. The molecule has 18 heavy (non-hydrogen) atoms. The van der Waals surface area contributed by atoms with Gasteiger partial charge in [0.05, 0.1) is 16.5 Å². The molecule has 6 heteroatoms. The van der Waals surface area contributed by atoms with Crippen LogP contribution >= 0.6 is 0 Å². The summed E-state index contributed by atoms with van der Waals surface area (Å²) in [5, 5.41) is 3.24. The average Bonchev–Trinajstić information content (AvgIpc) is 2.71. The molecular formula is C12H17N3O2S. The molecule has 0 saturated carbocycles. The Morgan fingerprint density at radius 1 is 1.44 bits per heavy atom. The van der Waals surface area contributed by atoms with E-state index in [1.165, 1.54) is 6.26 Å². The number of fused-ring (bicyclic) bond motifs is 1. The zero-order valence-electron chi connectivity index (χ0n) is 10.7. The van der Waals surface area contributed by atoms with E-state index in [4.69, 9.17) is 0 Å². The van der Waals surface area contributed by atoms with E-state index < -0.39 is 9.84 Å². The first-order chi connectivity index (χ1) is 8.43. The van der Waals surface area contributed by atoms with Crippen LogP contribution in [-0.2, 0) is 9.84 Å². The third-order valence-corrected chi connectivity index (χ3v) is 3.94. The summed E-state index contributed by atoms with van der Waals surface area (Å²) >= 11 is 0. The first kappa shape index (κ1) is 13.0. The molecule has 1 heterocycles. The smallest absolute Gasteiger partial charge is 0.177 e. The SMILES string of the molecule is CCNC(C)c1nc2c(S(C)(=O)=O)cccc2[nH]1. The molecule has 1 atom stereocenters. The summed E-state index contributed by atoms with van der Waals surface area (Å²) in [7, 11) is -3.26. The van der Waals surface area contributed by atoms with Gasteiger partial charge in [0.1, 0.15) is 11.3 Å². The molecule has 0 fully saturated rings. The molecule has 2 N–H and O–H groups in total. The molecule has 1 aromatic carbocycles. The zero-order valence-corrected chi connectivity index (χ0v) is 11.5. The minimum atomic E-state index is -3.26. The van der Waals surface area contributed by atoms with Crippen LogP contribution in [0.25, 0.3) is 11.0 Å². The maximum absolute atomic E-state index is 11.7. The van der Waals surface area contributed by atoms with Gasteiger partial charge in [-0.2, -0.15) is 0 Å². The lowest BCUT2D eigenvalue weighted by Gasteiger charge is -2.07. The summed E-state index contributed by atoms with van der Waals surface area (Å²) < 4.78 is 23.4. The van der Waals surface area contributed by atoms with E-state index in [-0.39, 0.29) is 10.9 Å². The molecule has 1 aromatic heterocycles. The third kappa shape index (κ3) is 2.39. The predicted octanol–water partition coefficient (Wildman–Crippen LogP) is 1.64. The highest BCUT2D eigenvalue weighted by Crippen LogP contribution is 2.22. The van der Waals surface area contributed by atoms with Crippen LogP contribution in [0.1, 0.15) is 25.7 Å². The van der Waals surface area contributed by atoms with Crippen LogP contribution in [0.2, 0.25) is 0 Å². The fraction of sp³-hybridized carbons (Fsp3) is 0.417. The van der Waals surface area contributed by atoms with Crippen LogP contribution in [0, 0.1) is 0 Å². The summed E-state index contributed by atoms with van der Waals surface area (Å²) in [5.41, 5.74) is 1.26. The van der Waals surface area contributed by atoms with E-state index in [2.05, 4.69) is 15.3 Å². The van der Waals surface area contributed by atoms with Crippen molar-refractivity contribution in [2.75, 3.05) is 12.8 Å². The van der Waals surface area contributed by atoms with Crippen molar-refractivity contribution in [2.45, 2.75) is 24.8 Å². The Labute approximate surface area is 107 Å². The van der Waals surface area contributed by atoms with E-state index >= 15 is 0 Å². The number of H-pyrrole nitrogens is 1. The molecule has 1 unspecified atom stereocenters. The summed E-state index contributed by atoms with van der Waals surface area (Å²) in [6.45, 7) is 4.83. The first-order valence-electron chi connectivity index (χ1n) is 5.85. The topological polar surface area (TPSA) is 74.8 Å².